The van der Waals surface area contributed by atoms with Crippen LogP contribution >= 0.6 is 0 Å². The van der Waals surface area contributed by atoms with Crippen LogP contribution in [-0.4, -0.2) is 49.1 Å². The van der Waals surface area contributed by atoms with Gasteiger partial charge in [0.2, 0.25) is 0 Å². The van der Waals surface area contributed by atoms with Crippen LogP contribution in [0.1, 0.15) is 21.5 Å². The molecule has 152 valence electrons. The first-order valence-electron chi connectivity index (χ1n) is 8.86. The fraction of sp³-hybridized carbons (Fsp3) is 0.300. The van der Waals surface area contributed by atoms with E-state index in [1.165, 1.54) is 25.8 Å². The third-order valence-electron chi connectivity index (χ3n) is 4.73. The zero-order valence-electron chi connectivity index (χ0n) is 16.0. The van der Waals surface area contributed by atoms with Gasteiger partial charge in [-0.25, -0.2) is 4.79 Å². The Morgan fingerprint density at radius 2 is 1.76 bits per heavy atom. The van der Waals surface area contributed by atoms with E-state index in [1.807, 2.05) is 24.3 Å². The summed E-state index contributed by atoms with van der Waals surface area (Å²) in [5.41, 5.74) is 1.43. The molecular weight excluding hydrogens is 380 g/mol. The summed E-state index contributed by atoms with van der Waals surface area (Å²) in [6, 6.07) is 10.1. The first-order valence-corrected chi connectivity index (χ1v) is 8.86. The number of rotatable bonds is 6. The van der Waals surface area contributed by atoms with E-state index in [4.69, 9.17) is 14.2 Å². The number of hydrogen-bond donors (Lipinski definition) is 0. The molecule has 1 amide bonds. The Labute approximate surface area is 166 Å². The van der Waals surface area contributed by atoms with Gasteiger partial charge in [0.1, 0.15) is 5.56 Å². The van der Waals surface area contributed by atoms with Crippen LogP contribution in [0.25, 0.3) is 0 Å². The highest BCUT2D eigenvalue weighted by Gasteiger charge is 2.27. The van der Waals surface area contributed by atoms with Crippen molar-refractivity contribution in [1.82, 2.24) is 4.90 Å². The molecule has 0 saturated carbocycles. The van der Waals surface area contributed by atoms with Gasteiger partial charge in [-0.3, -0.25) is 14.9 Å². The molecule has 0 fully saturated rings. The molecule has 2 aromatic rings. The van der Waals surface area contributed by atoms with Crippen molar-refractivity contribution >= 4 is 17.6 Å². The summed E-state index contributed by atoms with van der Waals surface area (Å²) < 4.78 is 15.2. The summed E-state index contributed by atoms with van der Waals surface area (Å²) in [6.07, 6.45) is 0.719. The maximum atomic E-state index is 12.5. The van der Waals surface area contributed by atoms with Crippen LogP contribution in [0.2, 0.25) is 0 Å². The number of carbonyl (C=O) groups is 2. The lowest BCUT2D eigenvalue weighted by Crippen LogP contribution is -2.38. The molecule has 1 aliphatic heterocycles. The Morgan fingerprint density at radius 3 is 2.41 bits per heavy atom. The average molecular weight is 400 g/mol. The number of nitro groups is 1. The van der Waals surface area contributed by atoms with Gasteiger partial charge in [0, 0.05) is 19.2 Å². The van der Waals surface area contributed by atoms with Crippen molar-refractivity contribution in [1.29, 1.82) is 0 Å². The average Bonchev–Trinajstić information content (AvgIpc) is 2.75. The molecule has 0 radical (unpaired) electrons. The Bertz CT molecular complexity index is 958. The summed E-state index contributed by atoms with van der Waals surface area (Å²) in [7, 11) is 2.67. The van der Waals surface area contributed by atoms with Crippen molar-refractivity contribution in [3.8, 4) is 11.5 Å². The molecule has 1 aliphatic rings. The molecule has 0 spiro atoms. The smallest absolute Gasteiger partial charge is 0.345 e. The maximum absolute atomic E-state index is 12.5. The van der Waals surface area contributed by atoms with E-state index in [0.29, 0.717) is 13.1 Å². The third kappa shape index (κ3) is 4.29. The van der Waals surface area contributed by atoms with Gasteiger partial charge >= 0.3 is 5.97 Å². The number of esters is 1. The van der Waals surface area contributed by atoms with Crippen molar-refractivity contribution in [2.24, 2.45) is 0 Å². The molecule has 2 aromatic carbocycles. The minimum atomic E-state index is -0.983. The van der Waals surface area contributed by atoms with E-state index < -0.39 is 23.2 Å². The lowest BCUT2D eigenvalue weighted by molar-refractivity contribution is -0.385. The lowest BCUT2D eigenvalue weighted by atomic mass is 10.00. The number of carbonyl (C=O) groups excluding carboxylic acids is 2. The Morgan fingerprint density at radius 1 is 1.10 bits per heavy atom. The Kier molecular flexibility index (Phi) is 5.96. The van der Waals surface area contributed by atoms with Crippen molar-refractivity contribution < 1.29 is 28.7 Å². The van der Waals surface area contributed by atoms with E-state index in [9.17, 15) is 19.7 Å². The third-order valence-corrected chi connectivity index (χ3v) is 4.73. The van der Waals surface area contributed by atoms with E-state index in [0.717, 1.165) is 18.1 Å². The molecule has 3 rings (SSSR count). The standard InChI is InChI=1S/C20H20N2O7/c1-27-17-9-15(16(22(25)26)10-18(17)28-2)20(24)29-12-19(23)21-8-7-13-5-3-4-6-14(13)11-21/h3-6,9-10H,7-8,11-12H2,1-2H3. The van der Waals surface area contributed by atoms with Crippen molar-refractivity contribution in [3.63, 3.8) is 0 Å². The normalized spacial score (nSPS) is 12.7. The predicted molar refractivity (Wildman–Crippen MR) is 102 cm³/mol. The summed E-state index contributed by atoms with van der Waals surface area (Å²) in [5.74, 6) is -1.10. The molecule has 0 atom stereocenters. The lowest BCUT2D eigenvalue weighted by Gasteiger charge is -2.28. The van der Waals surface area contributed by atoms with Crippen molar-refractivity contribution in [2.75, 3.05) is 27.4 Å². The second-order valence-electron chi connectivity index (χ2n) is 6.39. The van der Waals surface area contributed by atoms with Gasteiger partial charge in [0.05, 0.1) is 25.2 Å². The molecule has 9 heteroatoms. The number of amides is 1. The minimum Gasteiger partial charge on any atom is -0.493 e. The largest absolute Gasteiger partial charge is 0.493 e. The SMILES string of the molecule is COc1cc(C(=O)OCC(=O)N2CCc3ccccc3C2)c([N+](=O)[O-])cc1OC. The fourth-order valence-corrected chi connectivity index (χ4v) is 3.19. The van der Waals surface area contributed by atoms with Crippen molar-refractivity contribution in [3.05, 3.63) is 63.2 Å². The number of ether oxygens (including phenoxy) is 3. The number of nitro benzene ring substituents is 1. The minimum absolute atomic E-state index is 0.110. The highest BCUT2D eigenvalue weighted by molar-refractivity contribution is 5.96. The Balaban J connectivity index is 1.71. The number of nitrogens with zero attached hydrogens (tertiary/aromatic N) is 2. The topological polar surface area (TPSA) is 108 Å². The van der Waals surface area contributed by atoms with Crippen molar-refractivity contribution in [2.45, 2.75) is 13.0 Å². The van der Waals surface area contributed by atoms with Crippen LogP contribution in [0.3, 0.4) is 0 Å². The van der Waals surface area contributed by atoms with Gasteiger partial charge in [0.15, 0.2) is 18.1 Å². The molecule has 0 aromatic heterocycles. The highest BCUT2D eigenvalue weighted by Crippen LogP contribution is 2.34. The van der Waals surface area contributed by atoms with Gasteiger partial charge in [0.25, 0.3) is 11.6 Å². The van der Waals surface area contributed by atoms with Crippen LogP contribution in [0, 0.1) is 10.1 Å². The van der Waals surface area contributed by atoms with E-state index in [2.05, 4.69) is 0 Å². The van der Waals surface area contributed by atoms with Gasteiger partial charge in [-0.2, -0.15) is 0 Å². The summed E-state index contributed by atoms with van der Waals surface area (Å²) >= 11 is 0. The molecule has 0 N–H and O–H groups in total. The predicted octanol–water partition coefficient (Wildman–Crippen LogP) is 2.35. The van der Waals surface area contributed by atoms with E-state index in [-0.39, 0.29) is 23.0 Å². The second-order valence-corrected chi connectivity index (χ2v) is 6.39. The molecule has 0 saturated heterocycles. The van der Waals surface area contributed by atoms with Crippen LogP contribution in [0.15, 0.2) is 36.4 Å². The molecule has 9 nitrogen and oxygen atoms in total. The molecular formula is C20H20N2O7. The molecule has 29 heavy (non-hydrogen) atoms. The van der Waals surface area contributed by atoms with Gasteiger partial charge in [-0.1, -0.05) is 24.3 Å². The first-order chi connectivity index (χ1) is 13.9. The van der Waals surface area contributed by atoms with Crippen LogP contribution < -0.4 is 9.47 Å². The van der Waals surface area contributed by atoms with E-state index >= 15 is 0 Å². The van der Waals surface area contributed by atoms with E-state index in [1.54, 1.807) is 4.90 Å². The Hall–Kier alpha value is -3.62. The maximum Gasteiger partial charge on any atom is 0.345 e. The van der Waals surface area contributed by atoms with Gasteiger partial charge in [-0.15, -0.1) is 0 Å². The fourth-order valence-electron chi connectivity index (χ4n) is 3.19. The summed E-state index contributed by atoms with van der Waals surface area (Å²) in [4.78, 5) is 37.1. The molecule has 1 heterocycles. The van der Waals surface area contributed by atoms with Gasteiger partial charge in [-0.05, 0) is 17.5 Å². The van der Waals surface area contributed by atoms with Crippen LogP contribution in [-0.2, 0) is 22.5 Å². The van der Waals surface area contributed by atoms with Crippen LogP contribution in [0.5, 0.6) is 11.5 Å². The number of benzene rings is 2. The van der Waals surface area contributed by atoms with Gasteiger partial charge < -0.3 is 19.1 Å². The molecule has 0 aliphatic carbocycles. The number of fused-ring (bicyclic) bond motifs is 1. The zero-order chi connectivity index (χ0) is 21.0. The highest BCUT2D eigenvalue weighted by atomic mass is 16.6. The first kappa shape index (κ1) is 20.1. The molecule has 0 unspecified atom stereocenters. The summed E-state index contributed by atoms with van der Waals surface area (Å²) in [5, 5.41) is 11.3. The van der Waals surface area contributed by atoms with Crippen LogP contribution in [0.4, 0.5) is 5.69 Å². The summed E-state index contributed by atoms with van der Waals surface area (Å²) in [6.45, 7) is 0.444. The number of hydrogen-bond acceptors (Lipinski definition) is 7. The number of methoxy groups -OCH3 is 2. The quantitative estimate of drug-likeness (QED) is 0.416. The zero-order valence-corrected chi connectivity index (χ0v) is 16.0. The monoisotopic (exact) mass is 400 g/mol. The molecule has 0 bridgehead atoms. The second kappa shape index (κ2) is 8.59.